The highest BCUT2D eigenvalue weighted by Crippen LogP contribution is 2.31. The molecule has 0 aromatic carbocycles. The maximum Gasteiger partial charge on any atom is 0.225 e. The van der Waals surface area contributed by atoms with Crippen LogP contribution >= 0.6 is 0 Å². The summed E-state index contributed by atoms with van der Waals surface area (Å²) < 4.78 is 0. The Balaban J connectivity index is 1.86. The zero-order valence-electron chi connectivity index (χ0n) is 10.3. The number of amides is 1. The van der Waals surface area contributed by atoms with Crippen molar-refractivity contribution in [2.45, 2.75) is 51.5 Å². The maximum atomic E-state index is 12.3. The quantitative estimate of drug-likeness (QED) is 0.777. The van der Waals surface area contributed by atoms with Crippen LogP contribution in [0.25, 0.3) is 0 Å². The first kappa shape index (κ1) is 11.9. The van der Waals surface area contributed by atoms with Gasteiger partial charge in [0.15, 0.2) is 0 Å². The summed E-state index contributed by atoms with van der Waals surface area (Å²) in [7, 11) is 0. The van der Waals surface area contributed by atoms with Crippen LogP contribution < -0.4 is 5.73 Å². The van der Waals surface area contributed by atoms with Gasteiger partial charge in [0.25, 0.3) is 0 Å². The molecule has 1 saturated heterocycles. The van der Waals surface area contributed by atoms with E-state index in [-0.39, 0.29) is 0 Å². The van der Waals surface area contributed by atoms with E-state index in [2.05, 4.69) is 11.8 Å². The van der Waals surface area contributed by atoms with Gasteiger partial charge in [0, 0.05) is 18.5 Å². The van der Waals surface area contributed by atoms with E-state index in [1.54, 1.807) is 0 Å². The van der Waals surface area contributed by atoms with E-state index in [0.717, 1.165) is 38.8 Å². The van der Waals surface area contributed by atoms with E-state index in [0.29, 0.717) is 23.8 Å². The molecule has 2 fully saturated rings. The lowest BCUT2D eigenvalue weighted by Crippen LogP contribution is -2.40. The third-order valence-corrected chi connectivity index (χ3v) is 4.37. The van der Waals surface area contributed by atoms with Gasteiger partial charge >= 0.3 is 0 Å². The number of nitrogens with two attached hydrogens (primary N) is 1. The Hall–Kier alpha value is -0.570. The molecule has 1 unspecified atom stereocenters. The molecule has 1 heterocycles. The van der Waals surface area contributed by atoms with E-state index in [4.69, 9.17) is 5.73 Å². The molecule has 0 aromatic rings. The second kappa shape index (κ2) is 5.17. The molecule has 92 valence electrons. The van der Waals surface area contributed by atoms with Gasteiger partial charge in [-0.25, -0.2) is 0 Å². The van der Waals surface area contributed by atoms with Crippen molar-refractivity contribution in [2.24, 2.45) is 17.6 Å². The van der Waals surface area contributed by atoms with Crippen molar-refractivity contribution in [3.8, 4) is 0 Å². The number of carbonyl (C=O) groups excluding carboxylic acids is 1. The number of hydrogen-bond donors (Lipinski definition) is 1. The fourth-order valence-electron chi connectivity index (χ4n) is 3.14. The zero-order valence-corrected chi connectivity index (χ0v) is 10.3. The highest BCUT2D eigenvalue weighted by atomic mass is 16.2. The Morgan fingerprint density at radius 1 is 1.25 bits per heavy atom. The smallest absolute Gasteiger partial charge is 0.225 e. The minimum atomic E-state index is 0.295. The zero-order chi connectivity index (χ0) is 11.5. The summed E-state index contributed by atoms with van der Waals surface area (Å²) >= 11 is 0. The SMILES string of the molecule is CC1CCCN1C(=O)C1CCC(CN)CC1. The van der Waals surface area contributed by atoms with Gasteiger partial charge in [0.05, 0.1) is 0 Å². The van der Waals surface area contributed by atoms with E-state index in [1.165, 1.54) is 12.8 Å². The summed E-state index contributed by atoms with van der Waals surface area (Å²) in [5.41, 5.74) is 5.67. The van der Waals surface area contributed by atoms with Gasteiger partial charge in [-0.15, -0.1) is 0 Å². The maximum absolute atomic E-state index is 12.3. The average Bonchev–Trinajstić information content (AvgIpc) is 2.75. The molecule has 1 amide bonds. The first-order valence-electron chi connectivity index (χ1n) is 6.73. The summed E-state index contributed by atoms with van der Waals surface area (Å²) in [6, 6.07) is 0.472. The van der Waals surface area contributed by atoms with Crippen molar-refractivity contribution < 1.29 is 4.79 Å². The Kier molecular flexibility index (Phi) is 3.85. The van der Waals surface area contributed by atoms with Crippen LogP contribution in [0.15, 0.2) is 0 Å². The van der Waals surface area contributed by atoms with Crippen LogP contribution in [0.4, 0.5) is 0 Å². The average molecular weight is 224 g/mol. The van der Waals surface area contributed by atoms with Crippen molar-refractivity contribution >= 4 is 5.91 Å². The monoisotopic (exact) mass is 224 g/mol. The second-order valence-corrected chi connectivity index (χ2v) is 5.48. The van der Waals surface area contributed by atoms with Gasteiger partial charge in [-0.05, 0) is 57.9 Å². The Morgan fingerprint density at radius 3 is 2.44 bits per heavy atom. The van der Waals surface area contributed by atoms with Crippen LogP contribution in [0.5, 0.6) is 0 Å². The Bertz CT molecular complexity index is 246. The minimum absolute atomic E-state index is 0.295. The summed E-state index contributed by atoms with van der Waals surface area (Å²) in [4.78, 5) is 14.4. The lowest BCUT2D eigenvalue weighted by Gasteiger charge is -2.31. The molecular formula is C13H24N2O. The normalized spacial score (nSPS) is 35.4. The van der Waals surface area contributed by atoms with E-state index < -0.39 is 0 Å². The van der Waals surface area contributed by atoms with Crippen LogP contribution in [-0.2, 0) is 4.79 Å². The molecule has 3 nitrogen and oxygen atoms in total. The van der Waals surface area contributed by atoms with Crippen molar-refractivity contribution in [2.75, 3.05) is 13.1 Å². The first-order valence-corrected chi connectivity index (χ1v) is 6.73. The van der Waals surface area contributed by atoms with Gasteiger partial charge in [-0.2, -0.15) is 0 Å². The molecule has 1 saturated carbocycles. The lowest BCUT2D eigenvalue weighted by atomic mass is 9.81. The Morgan fingerprint density at radius 2 is 1.94 bits per heavy atom. The molecule has 1 aliphatic heterocycles. The standard InChI is InChI=1S/C13H24N2O/c1-10-3-2-8-15(10)13(16)12-6-4-11(9-14)5-7-12/h10-12H,2-9,14H2,1H3. The fraction of sp³-hybridized carbons (Fsp3) is 0.923. The van der Waals surface area contributed by atoms with Crippen molar-refractivity contribution in [1.82, 2.24) is 4.90 Å². The number of likely N-dealkylation sites (tertiary alicyclic amines) is 1. The van der Waals surface area contributed by atoms with Crippen molar-refractivity contribution in [3.63, 3.8) is 0 Å². The van der Waals surface area contributed by atoms with Crippen molar-refractivity contribution in [1.29, 1.82) is 0 Å². The molecule has 0 aromatic heterocycles. The highest BCUT2D eigenvalue weighted by molar-refractivity contribution is 5.79. The first-order chi connectivity index (χ1) is 7.72. The summed E-state index contributed by atoms with van der Waals surface area (Å²) in [6.07, 6.45) is 6.78. The summed E-state index contributed by atoms with van der Waals surface area (Å²) in [6.45, 7) is 3.95. The summed E-state index contributed by atoms with van der Waals surface area (Å²) in [5, 5.41) is 0. The van der Waals surface area contributed by atoms with Gasteiger partial charge in [0.2, 0.25) is 5.91 Å². The largest absolute Gasteiger partial charge is 0.340 e. The predicted octanol–water partition coefficient (Wildman–Crippen LogP) is 1.76. The second-order valence-electron chi connectivity index (χ2n) is 5.48. The molecule has 0 spiro atoms. The number of rotatable bonds is 2. The number of hydrogen-bond acceptors (Lipinski definition) is 2. The molecule has 1 atom stereocenters. The van der Waals surface area contributed by atoms with E-state index >= 15 is 0 Å². The highest BCUT2D eigenvalue weighted by Gasteiger charge is 2.32. The van der Waals surface area contributed by atoms with Crippen LogP contribution in [0.1, 0.15) is 45.4 Å². The lowest BCUT2D eigenvalue weighted by molar-refractivity contribution is -0.137. The molecule has 16 heavy (non-hydrogen) atoms. The van der Waals surface area contributed by atoms with Crippen LogP contribution in [0.3, 0.4) is 0 Å². The number of nitrogens with zero attached hydrogens (tertiary/aromatic N) is 1. The van der Waals surface area contributed by atoms with Crippen LogP contribution in [0, 0.1) is 11.8 Å². The van der Waals surface area contributed by atoms with Gasteiger partial charge in [-0.1, -0.05) is 0 Å². The molecule has 0 radical (unpaired) electrons. The minimum Gasteiger partial charge on any atom is -0.340 e. The third kappa shape index (κ3) is 2.40. The molecule has 2 aliphatic rings. The van der Waals surface area contributed by atoms with Gasteiger partial charge < -0.3 is 10.6 Å². The molecular weight excluding hydrogens is 200 g/mol. The molecule has 0 bridgehead atoms. The topological polar surface area (TPSA) is 46.3 Å². The summed E-state index contributed by atoms with van der Waals surface area (Å²) in [5.74, 6) is 1.38. The van der Waals surface area contributed by atoms with E-state index in [1.807, 2.05) is 0 Å². The predicted molar refractivity (Wildman–Crippen MR) is 64.9 cm³/mol. The molecule has 1 aliphatic carbocycles. The number of carbonyl (C=O) groups is 1. The fourth-order valence-corrected chi connectivity index (χ4v) is 3.14. The van der Waals surface area contributed by atoms with Gasteiger partial charge in [-0.3, -0.25) is 4.79 Å². The van der Waals surface area contributed by atoms with Crippen molar-refractivity contribution in [3.05, 3.63) is 0 Å². The molecule has 2 rings (SSSR count). The van der Waals surface area contributed by atoms with Crippen LogP contribution in [-0.4, -0.2) is 29.9 Å². The third-order valence-electron chi connectivity index (χ3n) is 4.37. The molecule has 2 N–H and O–H groups in total. The van der Waals surface area contributed by atoms with E-state index in [9.17, 15) is 4.79 Å². The Labute approximate surface area is 98.4 Å². The van der Waals surface area contributed by atoms with Gasteiger partial charge in [0.1, 0.15) is 0 Å². The van der Waals surface area contributed by atoms with Crippen LogP contribution in [0.2, 0.25) is 0 Å². The molecule has 3 heteroatoms.